The zero-order chi connectivity index (χ0) is 16.7. The molecule has 4 aromatic rings. The minimum atomic E-state index is 0.0473. The summed E-state index contributed by atoms with van der Waals surface area (Å²) in [5, 5.41) is 7.42. The van der Waals surface area contributed by atoms with Crippen molar-refractivity contribution in [1.82, 2.24) is 34.8 Å². The minimum absolute atomic E-state index is 0.0473. The smallest absolute Gasteiger partial charge is 0.225 e. The molecule has 0 radical (unpaired) electrons. The summed E-state index contributed by atoms with van der Waals surface area (Å²) in [4.78, 5) is 16.5. The monoisotopic (exact) mass is 324 g/mol. The lowest BCUT2D eigenvalue weighted by atomic mass is 10.3. The van der Waals surface area contributed by atoms with Crippen LogP contribution in [0.15, 0.2) is 28.9 Å². The molecule has 6 N–H and O–H groups in total. The Morgan fingerprint density at radius 2 is 1.67 bits per heavy atom. The first kappa shape index (κ1) is 13.9. The first-order valence-electron chi connectivity index (χ1n) is 6.91. The van der Waals surface area contributed by atoms with E-state index in [0.29, 0.717) is 17.3 Å². The molecular weight excluding hydrogens is 312 g/mol. The fourth-order valence-corrected chi connectivity index (χ4v) is 2.44. The molecule has 0 spiro atoms. The van der Waals surface area contributed by atoms with Crippen LogP contribution >= 0.6 is 0 Å². The average molecular weight is 324 g/mol. The number of hydrogen-bond donors (Lipinski definition) is 3. The lowest BCUT2D eigenvalue weighted by Gasteiger charge is -2.07. The van der Waals surface area contributed by atoms with Crippen LogP contribution in [0.25, 0.3) is 22.6 Å². The Balaban J connectivity index is 1.91. The molecular formula is C13H12N10O. The molecule has 0 aliphatic rings. The highest BCUT2D eigenvalue weighted by Crippen LogP contribution is 2.27. The molecule has 0 amide bonds. The lowest BCUT2D eigenvalue weighted by Crippen LogP contribution is -2.11. The van der Waals surface area contributed by atoms with Crippen LogP contribution in [0, 0.1) is 0 Å². The fraction of sp³-hybridized carbons (Fsp3) is 0.0769. The average Bonchev–Trinajstić information content (AvgIpc) is 3.10. The highest BCUT2D eigenvalue weighted by Gasteiger charge is 2.20. The SMILES string of the molecule is Nc1nc(N)nc(Cn2c(-c3nonc3N)nc3ccccc32)n1. The zero-order valence-corrected chi connectivity index (χ0v) is 12.3. The van der Waals surface area contributed by atoms with Gasteiger partial charge in [-0.05, 0) is 22.4 Å². The van der Waals surface area contributed by atoms with Crippen LogP contribution in [-0.4, -0.2) is 34.8 Å². The number of imidazole rings is 1. The summed E-state index contributed by atoms with van der Waals surface area (Å²) in [5.74, 6) is 1.10. The maximum Gasteiger partial charge on any atom is 0.225 e. The van der Waals surface area contributed by atoms with Gasteiger partial charge < -0.3 is 21.8 Å². The van der Waals surface area contributed by atoms with Crippen LogP contribution in [0.5, 0.6) is 0 Å². The second-order valence-corrected chi connectivity index (χ2v) is 4.98. The van der Waals surface area contributed by atoms with Gasteiger partial charge in [0, 0.05) is 0 Å². The van der Waals surface area contributed by atoms with Crippen LogP contribution < -0.4 is 17.2 Å². The number of nitrogen functional groups attached to an aromatic ring is 3. The van der Waals surface area contributed by atoms with Gasteiger partial charge in [0.1, 0.15) is 0 Å². The number of nitrogens with zero attached hydrogens (tertiary/aromatic N) is 7. The van der Waals surface area contributed by atoms with Crippen molar-refractivity contribution in [3.63, 3.8) is 0 Å². The van der Waals surface area contributed by atoms with Gasteiger partial charge in [-0.1, -0.05) is 12.1 Å². The van der Waals surface area contributed by atoms with Crippen molar-refractivity contribution in [2.45, 2.75) is 6.54 Å². The molecule has 3 heterocycles. The maximum absolute atomic E-state index is 5.80. The summed E-state index contributed by atoms with van der Waals surface area (Å²) >= 11 is 0. The van der Waals surface area contributed by atoms with E-state index in [4.69, 9.17) is 17.2 Å². The van der Waals surface area contributed by atoms with Crippen molar-refractivity contribution in [3.05, 3.63) is 30.1 Å². The van der Waals surface area contributed by atoms with Gasteiger partial charge in [-0.2, -0.15) is 15.0 Å². The molecule has 0 unspecified atom stereocenters. The lowest BCUT2D eigenvalue weighted by molar-refractivity contribution is 0.310. The quantitative estimate of drug-likeness (QED) is 0.467. The molecule has 24 heavy (non-hydrogen) atoms. The molecule has 1 aromatic carbocycles. The molecule has 11 nitrogen and oxygen atoms in total. The molecule has 0 saturated carbocycles. The number of nitrogens with two attached hydrogens (primary N) is 3. The van der Waals surface area contributed by atoms with Crippen LogP contribution in [0.3, 0.4) is 0 Å². The van der Waals surface area contributed by atoms with E-state index < -0.39 is 0 Å². The Labute approximate surface area is 134 Å². The van der Waals surface area contributed by atoms with Gasteiger partial charge in [0.2, 0.25) is 11.9 Å². The number of para-hydroxylation sites is 2. The summed E-state index contributed by atoms with van der Waals surface area (Å²) in [7, 11) is 0. The van der Waals surface area contributed by atoms with Crippen molar-refractivity contribution in [2.75, 3.05) is 17.2 Å². The number of rotatable bonds is 3. The van der Waals surface area contributed by atoms with Crippen LogP contribution in [0.4, 0.5) is 17.7 Å². The second kappa shape index (κ2) is 5.15. The Morgan fingerprint density at radius 3 is 2.38 bits per heavy atom. The van der Waals surface area contributed by atoms with Crippen molar-refractivity contribution < 1.29 is 4.63 Å². The van der Waals surface area contributed by atoms with Crippen molar-refractivity contribution >= 4 is 28.7 Å². The van der Waals surface area contributed by atoms with E-state index >= 15 is 0 Å². The molecule has 0 aliphatic heterocycles. The summed E-state index contributed by atoms with van der Waals surface area (Å²) in [5.41, 5.74) is 19.0. The summed E-state index contributed by atoms with van der Waals surface area (Å²) < 4.78 is 6.51. The summed E-state index contributed by atoms with van der Waals surface area (Å²) in [6, 6.07) is 7.55. The van der Waals surface area contributed by atoms with Gasteiger partial charge in [-0.25, -0.2) is 9.61 Å². The maximum atomic E-state index is 5.80. The third kappa shape index (κ3) is 2.24. The predicted molar refractivity (Wildman–Crippen MR) is 85.2 cm³/mol. The van der Waals surface area contributed by atoms with Gasteiger partial charge in [-0.15, -0.1) is 0 Å². The number of anilines is 3. The third-order valence-electron chi connectivity index (χ3n) is 3.40. The van der Waals surface area contributed by atoms with Crippen molar-refractivity contribution in [1.29, 1.82) is 0 Å². The molecule has 0 saturated heterocycles. The van der Waals surface area contributed by atoms with Gasteiger partial charge in [-0.3, -0.25) is 0 Å². The molecule has 0 atom stereocenters. The Bertz CT molecular complexity index is 1020. The number of hydrogen-bond acceptors (Lipinski definition) is 10. The van der Waals surface area contributed by atoms with E-state index in [9.17, 15) is 0 Å². The Hall–Kier alpha value is -3.76. The first-order chi connectivity index (χ1) is 11.6. The highest BCUT2D eigenvalue weighted by atomic mass is 16.6. The molecule has 0 aliphatic carbocycles. The molecule has 0 fully saturated rings. The molecule has 0 bridgehead atoms. The predicted octanol–water partition coefficient (Wildman–Crippen LogP) is 0.0662. The first-order valence-corrected chi connectivity index (χ1v) is 6.91. The highest BCUT2D eigenvalue weighted by molar-refractivity contribution is 5.81. The molecule has 11 heteroatoms. The van der Waals surface area contributed by atoms with E-state index in [-0.39, 0.29) is 24.3 Å². The van der Waals surface area contributed by atoms with Crippen molar-refractivity contribution in [2.24, 2.45) is 0 Å². The number of fused-ring (bicyclic) bond motifs is 1. The molecule has 120 valence electrons. The standard InChI is InChI=1S/C13H12N10O/c14-10-9(21-24-22-10)11-17-6-3-1-2-4-7(6)23(11)5-8-18-12(15)20-13(16)19-8/h1-4H,5H2,(H2,14,22)(H4,15,16,18,19,20). The van der Waals surface area contributed by atoms with Crippen LogP contribution in [0.1, 0.15) is 5.82 Å². The van der Waals surface area contributed by atoms with Gasteiger partial charge in [0.05, 0.1) is 17.6 Å². The van der Waals surface area contributed by atoms with E-state index in [2.05, 4.69) is 34.9 Å². The molecule has 3 aromatic heterocycles. The largest absolute Gasteiger partial charge is 0.379 e. The van der Waals surface area contributed by atoms with Crippen LogP contribution in [-0.2, 0) is 6.54 Å². The van der Waals surface area contributed by atoms with E-state index in [1.165, 1.54) is 0 Å². The Kier molecular flexibility index (Phi) is 2.98. The van der Waals surface area contributed by atoms with Crippen LogP contribution in [0.2, 0.25) is 0 Å². The second-order valence-electron chi connectivity index (χ2n) is 4.98. The summed E-state index contributed by atoms with van der Waals surface area (Å²) in [6.45, 7) is 0.249. The van der Waals surface area contributed by atoms with E-state index in [0.717, 1.165) is 11.0 Å². The Morgan fingerprint density at radius 1 is 0.917 bits per heavy atom. The number of aromatic nitrogens is 7. The topological polar surface area (TPSA) is 173 Å². The number of benzene rings is 1. The normalized spacial score (nSPS) is 11.2. The van der Waals surface area contributed by atoms with E-state index in [1.54, 1.807) is 0 Å². The third-order valence-corrected chi connectivity index (χ3v) is 3.40. The van der Waals surface area contributed by atoms with Gasteiger partial charge >= 0.3 is 0 Å². The summed E-state index contributed by atoms with van der Waals surface area (Å²) in [6.07, 6.45) is 0. The minimum Gasteiger partial charge on any atom is -0.379 e. The molecule has 4 rings (SSSR count). The van der Waals surface area contributed by atoms with Gasteiger partial charge in [0.15, 0.2) is 23.2 Å². The zero-order valence-electron chi connectivity index (χ0n) is 12.3. The van der Waals surface area contributed by atoms with Gasteiger partial charge in [0.25, 0.3) is 0 Å². The van der Waals surface area contributed by atoms with Crippen molar-refractivity contribution in [3.8, 4) is 11.5 Å². The fourth-order valence-electron chi connectivity index (χ4n) is 2.44. The van der Waals surface area contributed by atoms with E-state index in [1.807, 2.05) is 28.8 Å².